The molecule has 0 spiro atoms. The Morgan fingerprint density at radius 3 is 2.76 bits per heavy atom. The molecule has 0 aliphatic carbocycles. The molecule has 5 nitrogen and oxygen atoms in total. The lowest BCUT2D eigenvalue weighted by Crippen LogP contribution is -1.98. The number of cyclic esters (lactones) is 2. The highest BCUT2D eigenvalue weighted by Crippen LogP contribution is 2.23. The Hall–Kier alpha value is -2.74. The number of esters is 2. The van der Waals surface area contributed by atoms with Crippen LogP contribution in [0.2, 0.25) is 0 Å². The summed E-state index contributed by atoms with van der Waals surface area (Å²) in [4.78, 5) is 26.7. The van der Waals surface area contributed by atoms with Gasteiger partial charge in [-0.2, -0.15) is 5.26 Å². The molecule has 0 radical (unpaired) electrons. The van der Waals surface area contributed by atoms with Crippen LogP contribution in [0.4, 0.5) is 0 Å². The van der Waals surface area contributed by atoms with E-state index in [0.717, 1.165) is 0 Å². The average Bonchev–Trinajstić information content (AvgIpc) is 2.62. The fourth-order valence-corrected chi connectivity index (χ4v) is 1.74. The summed E-state index contributed by atoms with van der Waals surface area (Å²) in [6.45, 7) is 0. The van der Waals surface area contributed by atoms with Crippen LogP contribution >= 0.6 is 0 Å². The smallest absolute Gasteiger partial charge is 0.365 e. The first kappa shape index (κ1) is 9.48. The number of benzene rings is 1. The highest BCUT2D eigenvalue weighted by Gasteiger charge is 2.31. The number of rotatable bonds is 0. The molecule has 0 unspecified atom stereocenters. The van der Waals surface area contributed by atoms with Crippen LogP contribution in [0.5, 0.6) is 0 Å². The first-order chi connectivity index (χ1) is 8.19. The van der Waals surface area contributed by atoms with Gasteiger partial charge in [0, 0.05) is 5.39 Å². The topological polar surface area (TPSA) is 80.1 Å². The van der Waals surface area contributed by atoms with E-state index in [2.05, 4.69) is 9.72 Å². The van der Waals surface area contributed by atoms with Crippen molar-refractivity contribution in [3.05, 3.63) is 41.1 Å². The molecule has 2 aromatic rings. The van der Waals surface area contributed by atoms with E-state index in [0.29, 0.717) is 16.5 Å². The molecule has 2 heterocycles. The molecule has 3 rings (SSSR count). The number of pyridine rings is 1. The largest absolute Gasteiger partial charge is 0.384 e. The van der Waals surface area contributed by atoms with Gasteiger partial charge in [-0.05, 0) is 24.3 Å². The van der Waals surface area contributed by atoms with Gasteiger partial charge in [-0.1, -0.05) is 0 Å². The second-order valence-corrected chi connectivity index (χ2v) is 3.58. The first-order valence-electron chi connectivity index (χ1n) is 4.80. The summed E-state index contributed by atoms with van der Waals surface area (Å²) < 4.78 is 4.45. The van der Waals surface area contributed by atoms with Crippen molar-refractivity contribution in [2.45, 2.75) is 0 Å². The van der Waals surface area contributed by atoms with E-state index in [1.54, 1.807) is 18.2 Å². The Labute approximate surface area is 95.3 Å². The molecule has 0 amide bonds. The van der Waals surface area contributed by atoms with Crippen molar-refractivity contribution < 1.29 is 14.3 Å². The van der Waals surface area contributed by atoms with Crippen molar-refractivity contribution in [1.29, 1.82) is 5.26 Å². The highest BCUT2D eigenvalue weighted by atomic mass is 16.6. The molecule has 5 heteroatoms. The number of ether oxygens (including phenoxy) is 1. The third-order valence-corrected chi connectivity index (χ3v) is 2.54. The number of nitrogens with zero attached hydrogens (tertiary/aromatic N) is 2. The Balaban J connectivity index is 2.36. The van der Waals surface area contributed by atoms with E-state index in [1.165, 1.54) is 6.07 Å². The van der Waals surface area contributed by atoms with Crippen LogP contribution in [0, 0.1) is 11.3 Å². The van der Waals surface area contributed by atoms with Gasteiger partial charge in [0.1, 0.15) is 0 Å². The number of hydrogen-bond acceptors (Lipinski definition) is 5. The SMILES string of the molecule is N#Cc1ccc2nc3c(cc2c1)C(=O)OC3=O. The molecule has 0 atom stereocenters. The summed E-state index contributed by atoms with van der Waals surface area (Å²) in [5, 5.41) is 9.40. The van der Waals surface area contributed by atoms with Gasteiger partial charge in [0.15, 0.2) is 5.69 Å². The van der Waals surface area contributed by atoms with Crippen molar-refractivity contribution in [3.8, 4) is 6.07 Å². The van der Waals surface area contributed by atoms with Gasteiger partial charge in [0.2, 0.25) is 0 Å². The number of aromatic nitrogens is 1. The second kappa shape index (κ2) is 3.12. The highest BCUT2D eigenvalue weighted by molar-refractivity contribution is 6.15. The van der Waals surface area contributed by atoms with Crippen molar-refractivity contribution in [2.75, 3.05) is 0 Å². The fraction of sp³-hybridized carbons (Fsp3) is 0. The quantitative estimate of drug-likeness (QED) is 0.499. The lowest BCUT2D eigenvalue weighted by molar-refractivity contribution is 0.0441. The monoisotopic (exact) mass is 224 g/mol. The van der Waals surface area contributed by atoms with Crippen LogP contribution in [0.15, 0.2) is 24.3 Å². The van der Waals surface area contributed by atoms with Crippen molar-refractivity contribution in [3.63, 3.8) is 0 Å². The minimum absolute atomic E-state index is 0.0345. The summed E-state index contributed by atoms with van der Waals surface area (Å²) in [6.07, 6.45) is 0. The zero-order chi connectivity index (χ0) is 12.0. The Bertz CT molecular complexity index is 728. The van der Waals surface area contributed by atoms with Crippen LogP contribution in [0.1, 0.15) is 26.4 Å². The van der Waals surface area contributed by atoms with Crippen LogP contribution in [-0.4, -0.2) is 16.9 Å². The van der Waals surface area contributed by atoms with E-state index in [9.17, 15) is 9.59 Å². The molecular formula is C12H4N2O3. The predicted octanol–water partition coefficient (Wildman–Crippen LogP) is 1.42. The van der Waals surface area contributed by atoms with Gasteiger partial charge in [0.05, 0.1) is 22.7 Å². The standard InChI is InChI=1S/C12H4N2O3/c13-5-6-1-2-9-7(3-6)4-8-10(14-9)12(16)17-11(8)15/h1-4H. The lowest BCUT2D eigenvalue weighted by Gasteiger charge is -1.98. The van der Waals surface area contributed by atoms with E-state index in [-0.39, 0.29) is 11.3 Å². The van der Waals surface area contributed by atoms with E-state index >= 15 is 0 Å². The third kappa shape index (κ3) is 1.28. The molecule has 80 valence electrons. The van der Waals surface area contributed by atoms with Crippen LogP contribution in [0.3, 0.4) is 0 Å². The van der Waals surface area contributed by atoms with Gasteiger partial charge in [-0.3, -0.25) is 0 Å². The molecule has 0 bridgehead atoms. The van der Waals surface area contributed by atoms with Gasteiger partial charge in [-0.25, -0.2) is 14.6 Å². The maximum atomic E-state index is 11.3. The Morgan fingerprint density at radius 2 is 2.00 bits per heavy atom. The molecule has 0 fully saturated rings. The predicted molar refractivity (Wildman–Crippen MR) is 56.2 cm³/mol. The number of fused-ring (bicyclic) bond motifs is 2. The van der Waals surface area contributed by atoms with Gasteiger partial charge in [-0.15, -0.1) is 0 Å². The number of carbonyl (C=O) groups is 2. The van der Waals surface area contributed by atoms with Gasteiger partial charge < -0.3 is 4.74 Å². The van der Waals surface area contributed by atoms with Crippen LogP contribution in [0.25, 0.3) is 10.9 Å². The molecule has 0 saturated heterocycles. The molecule has 1 aromatic heterocycles. The van der Waals surface area contributed by atoms with E-state index in [4.69, 9.17) is 5.26 Å². The summed E-state index contributed by atoms with van der Waals surface area (Å²) in [5.74, 6) is -1.42. The molecule has 0 saturated carbocycles. The van der Waals surface area contributed by atoms with E-state index < -0.39 is 11.9 Å². The minimum Gasteiger partial charge on any atom is -0.384 e. The molecule has 0 N–H and O–H groups in total. The van der Waals surface area contributed by atoms with Crippen molar-refractivity contribution >= 4 is 22.8 Å². The zero-order valence-corrected chi connectivity index (χ0v) is 8.43. The summed E-state index contributed by atoms with van der Waals surface area (Å²) in [5.41, 5.74) is 1.20. The molecule has 17 heavy (non-hydrogen) atoms. The maximum absolute atomic E-state index is 11.3. The van der Waals surface area contributed by atoms with Gasteiger partial charge in [0.25, 0.3) is 0 Å². The number of carbonyl (C=O) groups excluding carboxylic acids is 2. The normalized spacial score (nSPS) is 13.4. The summed E-state index contributed by atoms with van der Waals surface area (Å²) in [6, 6.07) is 8.36. The molecule has 1 aromatic carbocycles. The third-order valence-electron chi connectivity index (χ3n) is 2.54. The summed E-state index contributed by atoms with van der Waals surface area (Å²) >= 11 is 0. The zero-order valence-electron chi connectivity index (χ0n) is 8.43. The summed E-state index contributed by atoms with van der Waals surface area (Å²) in [7, 11) is 0. The molecule has 1 aliphatic heterocycles. The number of hydrogen-bond donors (Lipinski definition) is 0. The molecular weight excluding hydrogens is 220 g/mol. The van der Waals surface area contributed by atoms with E-state index in [1.807, 2.05) is 6.07 Å². The Kier molecular flexibility index (Phi) is 1.74. The number of nitriles is 1. The fourth-order valence-electron chi connectivity index (χ4n) is 1.74. The average molecular weight is 224 g/mol. The van der Waals surface area contributed by atoms with Gasteiger partial charge >= 0.3 is 11.9 Å². The van der Waals surface area contributed by atoms with Crippen molar-refractivity contribution in [1.82, 2.24) is 4.98 Å². The van der Waals surface area contributed by atoms with Crippen molar-refractivity contribution in [2.24, 2.45) is 0 Å². The minimum atomic E-state index is -0.726. The second-order valence-electron chi connectivity index (χ2n) is 3.58. The maximum Gasteiger partial charge on any atom is 0.365 e. The lowest BCUT2D eigenvalue weighted by atomic mass is 10.1. The first-order valence-corrected chi connectivity index (χ1v) is 4.80. The van der Waals surface area contributed by atoms with Crippen LogP contribution < -0.4 is 0 Å². The Morgan fingerprint density at radius 1 is 1.18 bits per heavy atom. The van der Waals surface area contributed by atoms with Crippen LogP contribution in [-0.2, 0) is 4.74 Å². The molecule has 1 aliphatic rings.